The number of anilines is 1. The van der Waals surface area contributed by atoms with Crippen LogP contribution in [0.1, 0.15) is 27.7 Å². The van der Waals surface area contributed by atoms with Crippen LogP contribution in [0.25, 0.3) is 0 Å². The summed E-state index contributed by atoms with van der Waals surface area (Å²) in [6.45, 7) is 8.33. The average Bonchev–Trinajstić information content (AvgIpc) is 2.16. The summed E-state index contributed by atoms with van der Waals surface area (Å²) in [5, 5.41) is 10.7. The smallest absolute Gasteiger partial charge is 0.271 e. The fourth-order valence-corrected chi connectivity index (χ4v) is 1.96. The summed E-state index contributed by atoms with van der Waals surface area (Å²) in [4.78, 5) is 12.5. The molecule has 0 aliphatic carbocycles. The van der Waals surface area contributed by atoms with Gasteiger partial charge in [-0.05, 0) is 33.8 Å². The molecule has 1 aromatic carbocycles. The van der Waals surface area contributed by atoms with Crippen LogP contribution in [-0.2, 0) is 0 Å². The molecular formula is C12H18N2O2. The van der Waals surface area contributed by atoms with Gasteiger partial charge in [0, 0.05) is 29.9 Å². The van der Waals surface area contributed by atoms with Gasteiger partial charge in [-0.2, -0.15) is 0 Å². The van der Waals surface area contributed by atoms with E-state index in [2.05, 4.69) is 32.6 Å². The molecule has 88 valence electrons. The number of nitrogens with zero attached hydrogens (tertiary/aromatic N) is 2. The monoisotopic (exact) mass is 222 g/mol. The zero-order valence-electron chi connectivity index (χ0n) is 10.2. The van der Waals surface area contributed by atoms with Crippen molar-refractivity contribution in [2.45, 2.75) is 39.8 Å². The fourth-order valence-electron chi connectivity index (χ4n) is 1.96. The highest BCUT2D eigenvalue weighted by atomic mass is 16.6. The molecule has 0 saturated carbocycles. The normalized spacial score (nSPS) is 10.9. The van der Waals surface area contributed by atoms with Crippen LogP contribution >= 0.6 is 0 Å². The first kappa shape index (κ1) is 12.5. The van der Waals surface area contributed by atoms with Crippen LogP contribution < -0.4 is 4.90 Å². The molecule has 0 aromatic heterocycles. The number of nitro benzene ring substituents is 1. The second-order valence-corrected chi connectivity index (χ2v) is 4.37. The van der Waals surface area contributed by atoms with Crippen LogP contribution in [0.2, 0.25) is 0 Å². The van der Waals surface area contributed by atoms with Crippen molar-refractivity contribution in [2.24, 2.45) is 0 Å². The van der Waals surface area contributed by atoms with Crippen LogP contribution in [0.5, 0.6) is 0 Å². The summed E-state index contributed by atoms with van der Waals surface area (Å²) in [5.74, 6) is 0. The third kappa shape index (κ3) is 2.72. The highest BCUT2D eigenvalue weighted by molar-refractivity contribution is 5.54. The topological polar surface area (TPSA) is 46.4 Å². The predicted molar refractivity (Wildman–Crippen MR) is 65.8 cm³/mol. The van der Waals surface area contributed by atoms with Gasteiger partial charge >= 0.3 is 0 Å². The van der Waals surface area contributed by atoms with E-state index in [4.69, 9.17) is 0 Å². The summed E-state index contributed by atoms with van der Waals surface area (Å²) >= 11 is 0. The van der Waals surface area contributed by atoms with Crippen LogP contribution in [0, 0.1) is 10.1 Å². The van der Waals surface area contributed by atoms with Crippen molar-refractivity contribution in [3.8, 4) is 0 Å². The molecule has 0 bridgehead atoms. The van der Waals surface area contributed by atoms with Crippen LogP contribution in [0.3, 0.4) is 0 Å². The quantitative estimate of drug-likeness (QED) is 0.580. The zero-order valence-corrected chi connectivity index (χ0v) is 10.2. The molecule has 0 N–H and O–H groups in total. The Hall–Kier alpha value is -1.58. The fraction of sp³-hybridized carbons (Fsp3) is 0.500. The molecule has 0 fully saturated rings. The number of hydrogen-bond acceptors (Lipinski definition) is 3. The molecule has 0 aliphatic rings. The van der Waals surface area contributed by atoms with Crippen molar-refractivity contribution in [1.82, 2.24) is 0 Å². The maximum Gasteiger partial charge on any atom is 0.271 e. The van der Waals surface area contributed by atoms with Gasteiger partial charge in [0.25, 0.3) is 5.69 Å². The van der Waals surface area contributed by atoms with Crippen molar-refractivity contribution >= 4 is 11.4 Å². The zero-order chi connectivity index (χ0) is 12.3. The van der Waals surface area contributed by atoms with E-state index in [9.17, 15) is 10.1 Å². The molecule has 4 nitrogen and oxygen atoms in total. The summed E-state index contributed by atoms with van der Waals surface area (Å²) in [7, 11) is 0. The molecular weight excluding hydrogens is 204 g/mol. The van der Waals surface area contributed by atoms with Crippen LogP contribution in [0.15, 0.2) is 24.3 Å². The molecule has 0 heterocycles. The Bertz CT molecular complexity index is 367. The average molecular weight is 222 g/mol. The Balaban J connectivity index is 3.10. The van der Waals surface area contributed by atoms with E-state index in [0.29, 0.717) is 12.1 Å². The molecule has 0 amide bonds. The maximum atomic E-state index is 10.7. The summed E-state index contributed by atoms with van der Waals surface area (Å²) in [6, 6.07) is 7.42. The number of benzene rings is 1. The van der Waals surface area contributed by atoms with Crippen molar-refractivity contribution in [1.29, 1.82) is 0 Å². The van der Waals surface area contributed by atoms with Crippen molar-refractivity contribution in [2.75, 3.05) is 4.90 Å². The third-order valence-electron chi connectivity index (χ3n) is 2.45. The molecule has 0 saturated heterocycles. The van der Waals surface area contributed by atoms with E-state index >= 15 is 0 Å². The lowest BCUT2D eigenvalue weighted by Gasteiger charge is -2.32. The van der Waals surface area contributed by atoms with Crippen molar-refractivity contribution in [3.63, 3.8) is 0 Å². The Morgan fingerprint density at radius 1 is 1.19 bits per heavy atom. The summed E-state index contributed by atoms with van der Waals surface area (Å²) in [5.41, 5.74) is 1.04. The van der Waals surface area contributed by atoms with E-state index in [-0.39, 0.29) is 10.6 Å². The standard InChI is InChI=1S/C12H18N2O2/c1-9(2)13(10(3)4)11-6-5-7-12(8-11)14(15)16/h5-10H,1-4H3. The van der Waals surface area contributed by atoms with Gasteiger partial charge in [0.15, 0.2) is 0 Å². The van der Waals surface area contributed by atoms with Crippen molar-refractivity contribution in [3.05, 3.63) is 34.4 Å². The molecule has 16 heavy (non-hydrogen) atoms. The molecule has 0 spiro atoms. The van der Waals surface area contributed by atoms with Gasteiger partial charge < -0.3 is 4.90 Å². The van der Waals surface area contributed by atoms with Crippen molar-refractivity contribution < 1.29 is 4.92 Å². The van der Waals surface area contributed by atoms with E-state index in [1.54, 1.807) is 12.1 Å². The van der Waals surface area contributed by atoms with Gasteiger partial charge in [0.1, 0.15) is 0 Å². The third-order valence-corrected chi connectivity index (χ3v) is 2.45. The second kappa shape index (κ2) is 4.96. The van der Waals surface area contributed by atoms with E-state index in [1.807, 2.05) is 6.07 Å². The number of hydrogen-bond donors (Lipinski definition) is 0. The molecule has 4 heteroatoms. The van der Waals surface area contributed by atoms with Crippen LogP contribution in [0.4, 0.5) is 11.4 Å². The Kier molecular flexibility index (Phi) is 3.88. The maximum absolute atomic E-state index is 10.7. The SMILES string of the molecule is CC(C)N(c1cccc([N+](=O)[O-])c1)C(C)C. The lowest BCUT2D eigenvalue weighted by molar-refractivity contribution is -0.384. The van der Waals surface area contributed by atoms with Gasteiger partial charge in [-0.1, -0.05) is 6.07 Å². The minimum absolute atomic E-state index is 0.142. The first-order chi connectivity index (χ1) is 7.43. The van der Waals surface area contributed by atoms with Gasteiger partial charge in [-0.25, -0.2) is 0 Å². The molecule has 1 aromatic rings. The first-order valence-electron chi connectivity index (χ1n) is 5.46. The minimum Gasteiger partial charge on any atom is -0.366 e. The van der Waals surface area contributed by atoms with Gasteiger partial charge in [0.05, 0.1) is 4.92 Å². The predicted octanol–water partition coefficient (Wildman–Crippen LogP) is 3.22. The largest absolute Gasteiger partial charge is 0.366 e. The van der Waals surface area contributed by atoms with Gasteiger partial charge in [0.2, 0.25) is 0 Å². The lowest BCUT2D eigenvalue weighted by Crippen LogP contribution is -2.36. The number of non-ortho nitro benzene ring substituents is 1. The van der Waals surface area contributed by atoms with E-state index < -0.39 is 0 Å². The van der Waals surface area contributed by atoms with Gasteiger partial charge in [-0.3, -0.25) is 10.1 Å². The highest BCUT2D eigenvalue weighted by Gasteiger charge is 2.16. The summed E-state index contributed by atoms with van der Waals surface area (Å²) < 4.78 is 0. The Morgan fingerprint density at radius 3 is 2.19 bits per heavy atom. The molecule has 1 rings (SSSR count). The van der Waals surface area contributed by atoms with Gasteiger partial charge in [-0.15, -0.1) is 0 Å². The van der Waals surface area contributed by atoms with E-state index in [0.717, 1.165) is 5.69 Å². The minimum atomic E-state index is -0.359. The van der Waals surface area contributed by atoms with Crippen LogP contribution in [-0.4, -0.2) is 17.0 Å². The Labute approximate surface area is 96.0 Å². The molecule has 0 radical (unpaired) electrons. The number of rotatable bonds is 4. The second-order valence-electron chi connectivity index (χ2n) is 4.37. The highest BCUT2D eigenvalue weighted by Crippen LogP contribution is 2.24. The molecule has 0 unspecified atom stereocenters. The molecule has 0 atom stereocenters. The van der Waals surface area contributed by atoms with E-state index in [1.165, 1.54) is 6.07 Å². The lowest BCUT2D eigenvalue weighted by atomic mass is 10.1. The Morgan fingerprint density at radius 2 is 1.75 bits per heavy atom. The molecule has 0 aliphatic heterocycles. The first-order valence-corrected chi connectivity index (χ1v) is 5.46. The number of nitro groups is 1. The summed E-state index contributed by atoms with van der Waals surface area (Å²) in [6.07, 6.45) is 0.